The van der Waals surface area contributed by atoms with Gasteiger partial charge in [-0.3, -0.25) is 4.79 Å². The molecular weight excluding hydrogens is 394 g/mol. The monoisotopic (exact) mass is 415 g/mol. The third-order valence-electron chi connectivity index (χ3n) is 4.96. The molecule has 2 aromatic carbocycles. The summed E-state index contributed by atoms with van der Waals surface area (Å²) in [6, 6.07) is 11.7. The van der Waals surface area contributed by atoms with E-state index in [0.29, 0.717) is 30.3 Å². The van der Waals surface area contributed by atoms with Crippen LogP contribution in [0.15, 0.2) is 52.9 Å². The lowest BCUT2D eigenvalue weighted by atomic mass is 10.0. The standard InChI is InChI=1S/C20H21N3O3S2/c1-14-3-2-10-23(12-14)28(25,26)17-7-5-16(6-8-17)22-20(24)15-4-9-18-19(11-15)27-13-21-18/h4-9,11,13-14H,2-3,10,12H2,1H3,(H,22,24). The number of hydrogen-bond donors (Lipinski definition) is 1. The van der Waals surface area contributed by atoms with Crippen molar-refractivity contribution in [2.24, 2.45) is 5.92 Å². The Hall–Kier alpha value is -2.29. The maximum atomic E-state index is 12.8. The largest absolute Gasteiger partial charge is 0.322 e. The molecule has 0 radical (unpaired) electrons. The fraction of sp³-hybridized carbons (Fsp3) is 0.300. The molecule has 1 aliphatic heterocycles. The molecule has 0 saturated carbocycles. The summed E-state index contributed by atoms with van der Waals surface area (Å²) in [5, 5.41) is 2.82. The van der Waals surface area contributed by atoms with E-state index in [1.807, 2.05) is 6.07 Å². The lowest BCUT2D eigenvalue weighted by Gasteiger charge is -2.30. The number of amides is 1. The summed E-state index contributed by atoms with van der Waals surface area (Å²) >= 11 is 1.48. The third-order valence-corrected chi connectivity index (χ3v) is 7.63. The average Bonchev–Trinajstić information content (AvgIpc) is 3.16. The molecule has 2 heterocycles. The van der Waals surface area contributed by atoms with Crippen LogP contribution in [0.1, 0.15) is 30.1 Å². The van der Waals surface area contributed by atoms with Crippen LogP contribution in [0.2, 0.25) is 0 Å². The van der Waals surface area contributed by atoms with E-state index in [4.69, 9.17) is 0 Å². The number of benzene rings is 2. The van der Waals surface area contributed by atoms with Gasteiger partial charge in [0.2, 0.25) is 10.0 Å². The molecular formula is C20H21N3O3S2. The smallest absolute Gasteiger partial charge is 0.255 e. The molecule has 3 aromatic rings. The first kappa shape index (κ1) is 19.0. The van der Waals surface area contributed by atoms with Crippen LogP contribution >= 0.6 is 11.3 Å². The number of nitrogens with zero attached hydrogens (tertiary/aromatic N) is 2. The fourth-order valence-electron chi connectivity index (χ4n) is 3.42. The SMILES string of the molecule is CC1CCCN(S(=O)(=O)c2ccc(NC(=O)c3ccc4ncsc4c3)cc2)C1. The number of rotatable bonds is 4. The number of piperidine rings is 1. The Kier molecular flexibility index (Phi) is 5.18. The molecule has 1 saturated heterocycles. The zero-order chi connectivity index (χ0) is 19.7. The number of hydrogen-bond acceptors (Lipinski definition) is 5. The van der Waals surface area contributed by atoms with Gasteiger partial charge in [-0.15, -0.1) is 11.3 Å². The maximum Gasteiger partial charge on any atom is 0.255 e. The molecule has 0 aliphatic carbocycles. The molecule has 1 N–H and O–H groups in total. The molecule has 1 atom stereocenters. The van der Waals surface area contributed by atoms with Crippen molar-refractivity contribution in [3.63, 3.8) is 0 Å². The number of thiazole rings is 1. The maximum absolute atomic E-state index is 12.8. The second-order valence-corrected chi connectivity index (χ2v) is 9.95. The average molecular weight is 416 g/mol. The van der Waals surface area contributed by atoms with Gasteiger partial charge < -0.3 is 5.32 Å². The van der Waals surface area contributed by atoms with Crippen LogP contribution in [-0.2, 0) is 10.0 Å². The molecule has 6 nitrogen and oxygen atoms in total. The molecule has 1 amide bonds. The van der Waals surface area contributed by atoms with Crippen LogP contribution in [0.5, 0.6) is 0 Å². The first-order valence-electron chi connectivity index (χ1n) is 9.18. The number of aromatic nitrogens is 1. The van der Waals surface area contributed by atoms with Crippen LogP contribution in [0.4, 0.5) is 5.69 Å². The zero-order valence-corrected chi connectivity index (χ0v) is 17.1. The Morgan fingerprint density at radius 2 is 2.00 bits per heavy atom. The lowest BCUT2D eigenvalue weighted by Crippen LogP contribution is -2.39. The molecule has 4 rings (SSSR count). The summed E-state index contributed by atoms with van der Waals surface area (Å²) in [5.41, 5.74) is 3.70. The van der Waals surface area contributed by atoms with E-state index >= 15 is 0 Å². The number of carbonyl (C=O) groups is 1. The molecule has 8 heteroatoms. The highest BCUT2D eigenvalue weighted by Crippen LogP contribution is 2.25. The van der Waals surface area contributed by atoms with Crippen LogP contribution in [0.25, 0.3) is 10.2 Å². The van der Waals surface area contributed by atoms with Crippen LogP contribution in [-0.4, -0.2) is 36.7 Å². The van der Waals surface area contributed by atoms with Gasteiger partial charge in [-0.25, -0.2) is 13.4 Å². The molecule has 1 aromatic heterocycles. The van der Waals surface area contributed by atoms with E-state index < -0.39 is 10.0 Å². The summed E-state index contributed by atoms with van der Waals surface area (Å²) in [6.45, 7) is 3.19. The van der Waals surface area contributed by atoms with Gasteiger partial charge >= 0.3 is 0 Å². The Balaban J connectivity index is 1.49. The minimum Gasteiger partial charge on any atom is -0.322 e. The van der Waals surface area contributed by atoms with Gasteiger partial charge in [-0.2, -0.15) is 4.31 Å². The summed E-state index contributed by atoms with van der Waals surface area (Å²) in [5.74, 6) is 0.133. The molecule has 1 fully saturated rings. The Morgan fingerprint density at radius 3 is 2.75 bits per heavy atom. The first-order valence-corrected chi connectivity index (χ1v) is 11.5. The molecule has 28 heavy (non-hydrogen) atoms. The summed E-state index contributed by atoms with van der Waals surface area (Å²) in [7, 11) is -3.50. The summed E-state index contributed by atoms with van der Waals surface area (Å²) in [6.07, 6.45) is 1.95. The number of carbonyl (C=O) groups excluding carboxylic acids is 1. The van der Waals surface area contributed by atoms with E-state index in [1.165, 1.54) is 11.3 Å². The van der Waals surface area contributed by atoms with Crippen LogP contribution in [0, 0.1) is 5.92 Å². The minimum absolute atomic E-state index is 0.240. The quantitative estimate of drug-likeness (QED) is 0.699. The molecule has 0 spiro atoms. The van der Waals surface area contributed by atoms with Crippen molar-refractivity contribution in [1.29, 1.82) is 0 Å². The fourth-order valence-corrected chi connectivity index (χ4v) is 5.74. The summed E-state index contributed by atoms with van der Waals surface area (Å²) < 4.78 is 28.1. The van der Waals surface area contributed by atoms with E-state index in [2.05, 4.69) is 17.2 Å². The predicted octanol–water partition coefficient (Wildman–Crippen LogP) is 3.97. The number of fused-ring (bicyclic) bond motifs is 1. The van der Waals surface area contributed by atoms with Crippen molar-refractivity contribution >= 4 is 43.2 Å². The van der Waals surface area contributed by atoms with Crippen molar-refractivity contribution < 1.29 is 13.2 Å². The second-order valence-electron chi connectivity index (χ2n) is 7.12. The van der Waals surface area contributed by atoms with Gasteiger partial charge in [-0.1, -0.05) is 6.92 Å². The molecule has 0 bridgehead atoms. The first-order chi connectivity index (χ1) is 13.4. The lowest BCUT2D eigenvalue weighted by molar-refractivity contribution is 0.102. The Bertz CT molecular complexity index is 1110. The van der Waals surface area contributed by atoms with Gasteiger partial charge in [-0.05, 0) is 61.2 Å². The van der Waals surface area contributed by atoms with E-state index in [9.17, 15) is 13.2 Å². The van der Waals surface area contributed by atoms with Crippen molar-refractivity contribution in [3.8, 4) is 0 Å². The van der Waals surface area contributed by atoms with Crippen molar-refractivity contribution in [3.05, 3.63) is 53.5 Å². The van der Waals surface area contributed by atoms with Crippen molar-refractivity contribution in [1.82, 2.24) is 9.29 Å². The molecule has 1 aliphatic rings. The second kappa shape index (κ2) is 7.62. The van der Waals surface area contributed by atoms with E-state index in [1.54, 1.807) is 46.2 Å². The zero-order valence-electron chi connectivity index (χ0n) is 15.5. The number of anilines is 1. The molecule has 146 valence electrons. The number of sulfonamides is 1. The highest BCUT2D eigenvalue weighted by Gasteiger charge is 2.28. The van der Waals surface area contributed by atoms with Gasteiger partial charge in [0, 0.05) is 24.3 Å². The van der Waals surface area contributed by atoms with Gasteiger partial charge in [0.25, 0.3) is 5.91 Å². The highest BCUT2D eigenvalue weighted by molar-refractivity contribution is 7.89. The van der Waals surface area contributed by atoms with E-state index in [-0.39, 0.29) is 10.8 Å². The minimum atomic E-state index is -3.50. The van der Waals surface area contributed by atoms with Gasteiger partial charge in [0.15, 0.2) is 0 Å². The van der Waals surface area contributed by atoms with E-state index in [0.717, 1.165) is 23.1 Å². The summed E-state index contributed by atoms with van der Waals surface area (Å²) in [4.78, 5) is 17.0. The van der Waals surface area contributed by atoms with Crippen molar-refractivity contribution in [2.45, 2.75) is 24.7 Å². The Labute approximate surface area is 168 Å². The normalized spacial score (nSPS) is 18.2. The third kappa shape index (κ3) is 3.80. The van der Waals surface area contributed by atoms with Crippen molar-refractivity contribution in [2.75, 3.05) is 18.4 Å². The Morgan fingerprint density at radius 1 is 1.21 bits per heavy atom. The topological polar surface area (TPSA) is 79.4 Å². The highest BCUT2D eigenvalue weighted by atomic mass is 32.2. The van der Waals surface area contributed by atoms with Crippen LogP contribution < -0.4 is 5.32 Å². The van der Waals surface area contributed by atoms with Gasteiger partial charge in [0.05, 0.1) is 20.6 Å². The van der Waals surface area contributed by atoms with Crippen LogP contribution in [0.3, 0.4) is 0 Å². The molecule has 1 unspecified atom stereocenters. The van der Waals surface area contributed by atoms with Gasteiger partial charge in [0.1, 0.15) is 0 Å². The predicted molar refractivity (Wildman–Crippen MR) is 111 cm³/mol. The number of nitrogens with one attached hydrogen (secondary N) is 1.